The van der Waals surface area contributed by atoms with E-state index in [4.69, 9.17) is 5.73 Å². The van der Waals surface area contributed by atoms with Gasteiger partial charge < -0.3 is 16.0 Å². The van der Waals surface area contributed by atoms with Gasteiger partial charge >= 0.3 is 0 Å². The minimum atomic E-state index is -0.285. The maximum atomic E-state index is 12.1. The molecule has 21 heavy (non-hydrogen) atoms. The molecule has 7 heteroatoms. The Bertz CT molecular complexity index is 634. The first-order valence-electron chi connectivity index (χ1n) is 6.71. The number of benzene rings is 1. The second-order valence-electron chi connectivity index (χ2n) is 5.01. The second kappa shape index (κ2) is 6.36. The summed E-state index contributed by atoms with van der Waals surface area (Å²) in [5, 5.41) is 10.5. The van der Waals surface area contributed by atoms with Crippen LogP contribution in [-0.2, 0) is 6.54 Å². The zero-order valence-electron chi connectivity index (χ0n) is 12.5. The van der Waals surface area contributed by atoms with Crippen LogP contribution in [0.5, 0.6) is 0 Å². The van der Waals surface area contributed by atoms with Crippen LogP contribution in [0.3, 0.4) is 0 Å². The van der Waals surface area contributed by atoms with Gasteiger partial charge in [-0.2, -0.15) is 0 Å². The molecule has 2 aromatic rings. The topological polar surface area (TPSA) is 89.1 Å². The molecule has 0 aliphatic carbocycles. The van der Waals surface area contributed by atoms with E-state index in [1.54, 1.807) is 10.9 Å². The Morgan fingerprint density at radius 2 is 2.19 bits per heavy atom. The van der Waals surface area contributed by atoms with Crippen LogP contribution in [-0.4, -0.2) is 41.5 Å². The van der Waals surface area contributed by atoms with E-state index < -0.39 is 0 Å². The summed E-state index contributed by atoms with van der Waals surface area (Å²) in [4.78, 5) is 14.1. The highest BCUT2D eigenvalue weighted by molar-refractivity contribution is 6.02. The Morgan fingerprint density at radius 1 is 1.43 bits per heavy atom. The molecule has 1 amide bonds. The van der Waals surface area contributed by atoms with Crippen molar-refractivity contribution in [2.24, 2.45) is 5.73 Å². The van der Waals surface area contributed by atoms with Crippen LogP contribution in [0, 0.1) is 6.92 Å². The van der Waals surface area contributed by atoms with Gasteiger partial charge in [0.1, 0.15) is 0 Å². The van der Waals surface area contributed by atoms with Crippen molar-refractivity contribution >= 4 is 17.3 Å². The third-order valence-corrected chi connectivity index (χ3v) is 3.08. The monoisotopic (exact) mass is 288 g/mol. The van der Waals surface area contributed by atoms with Gasteiger partial charge in [-0.05, 0) is 24.6 Å². The summed E-state index contributed by atoms with van der Waals surface area (Å²) >= 11 is 0. The molecule has 0 saturated heterocycles. The van der Waals surface area contributed by atoms with Crippen LogP contribution >= 0.6 is 0 Å². The van der Waals surface area contributed by atoms with Crippen molar-refractivity contribution in [1.82, 2.24) is 15.0 Å². The largest absolute Gasteiger partial charge is 0.377 e. The number of carbonyl (C=O) groups excluding carboxylic acids is 1. The Labute approximate surface area is 123 Å². The van der Waals surface area contributed by atoms with E-state index in [9.17, 15) is 4.79 Å². The number of rotatable bonds is 5. The Morgan fingerprint density at radius 3 is 2.86 bits per heavy atom. The van der Waals surface area contributed by atoms with Crippen molar-refractivity contribution in [3.8, 4) is 0 Å². The molecule has 3 N–H and O–H groups in total. The summed E-state index contributed by atoms with van der Waals surface area (Å²) in [5.74, 6) is -0.285. The number of anilines is 2. The Kier molecular flexibility index (Phi) is 4.54. The van der Waals surface area contributed by atoms with Crippen LogP contribution in [0.15, 0.2) is 24.4 Å². The first kappa shape index (κ1) is 15.0. The number of amides is 1. The highest BCUT2D eigenvalue weighted by Gasteiger charge is 2.12. The molecule has 0 bridgehead atoms. The smallest absolute Gasteiger partial charge is 0.277 e. The van der Waals surface area contributed by atoms with E-state index in [0.717, 1.165) is 16.9 Å². The van der Waals surface area contributed by atoms with Gasteiger partial charge in [-0.1, -0.05) is 11.3 Å². The van der Waals surface area contributed by atoms with Crippen LogP contribution in [0.25, 0.3) is 0 Å². The molecule has 0 unspecified atom stereocenters. The molecular weight excluding hydrogens is 268 g/mol. The minimum absolute atomic E-state index is 0.274. The molecule has 1 aromatic heterocycles. The van der Waals surface area contributed by atoms with Gasteiger partial charge in [0.25, 0.3) is 5.91 Å². The third kappa shape index (κ3) is 3.57. The van der Waals surface area contributed by atoms with Gasteiger partial charge in [0.2, 0.25) is 0 Å². The SMILES string of the molecule is Cc1ccc(NC(=O)c2cn(CCN)nn2)cc1N(C)C. The fraction of sp³-hybridized carbons (Fsp3) is 0.357. The van der Waals surface area contributed by atoms with Crippen molar-refractivity contribution in [2.45, 2.75) is 13.5 Å². The van der Waals surface area contributed by atoms with Crippen molar-refractivity contribution in [3.05, 3.63) is 35.7 Å². The summed E-state index contributed by atoms with van der Waals surface area (Å²) in [6, 6.07) is 5.76. The second-order valence-corrected chi connectivity index (χ2v) is 5.01. The first-order chi connectivity index (χ1) is 10.0. The molecule has 0 spiro atoms. The standard InChI is InChI=1S/C14H20N6O/c1-10-4-5-11(8-13(10)19(2)3)16-14(21)12-9-20(7-6-15)18-17-12/h4-5,8-9H,6-7,15H2,1-3H3,(H,16,21). The lowest BCUT2D eigenvalue weighted by atomic mass is 10.1. The molecule has 0 saturated carbocycles. The van der Waals surface area contributed by atoms with Gasteiger partial charge in [-0.3, -0.25) is 9.48 Å². The molecule has 2 rings (SSSR count). The zero-order valence-corrected chi connectivity index (χ0v) is 12.5. The summed E-state index contributed by atoms with van der Waals surface area (Å²) in [6.45, 7) is 3.02. The fourth-order valence-electron chi connectivity index (χ4n) is 2.01. The van der Waals surface area contributed by atoms with Crippen LogP contribution in [0.2, 0.25) is 0 Å². The number of hydrogen-bond donors (Lipinski definition) is 2. The summed E-state index contributed by atoms with van der Waals surface area (Å²) in [7, 11) is 3.93. The average Bonchev–Trinajstić information content (AvgIpc) is 2.90. The van der Waals surface area contributed by atoms with Gasteiger partial charge in [-0.15, -0.1) is 5.10 Å². The third-order valence-electron chi connectivity index (χ3n) is 3.08. The maximum Gasteiger partial charge on any atom is 0.277 e. The molecular formula is C14H20N6O. The number of nitrogens with two attached hydrogens (primary N) is 1. The van der Waals surface area contributed by atoms with E-state index in [2.05, 4.69) is 15.6 Å². The lowest BCUT2D eigenvalue weighted by Gasteiger charge is -2.17. The Hall–Kier alpha value is -2.41. The summed E-state index contributed by atoms with van der Waals surface area (Å²) in [5.41, 5.74) is 8.63. The van der Waals surface area contributed by atoms with Crippen LogP contribution in [0.4, 0.5) is 11.4 Å². The quantitative estimate of drug-likeness (QED) is 0.852. The Balaban J connectivity index is 2.13. The molecule has 0 radical (unpaired) electrons. The molecule has 1 aromatic carbocycles. The predicted molar refractivity (Wildman–Crippen MR) is 82.5 cm³/mol. The molecule has 1 heterocycles. The van der Waals surface area contributed by atoms with E-state index >= 15 is 0 Å². The molecule has 0 aliphatic rings. The van der Waals surface area contributed by atoms with Crippen molar-refractivity contribution in [3.63, 3.8) is 0 Å². The normalized spacial score (nSPS) is 10.5. The first-order valence-corrected chi connectivity index (χ1v) is 6.71. The van der Waals surface area contributed by atoms with Gasteiger partial charge in [0, 0.05) is 32.0 Å². The predicted octanol–water partition coefficient (Wildman–Crippen LogP) is 0.864. The lowest BCUT2D eigenvalue weighted by molar-refractivity contribution is 0.102. The van der Waals surface area contributed by atoms with Gasteiger partial charge in [-0.25, -0.2) is 0 Å². The number of hydrogen-bond acceptors (Lipinski definition) is 5. The van der Waals surface area contributed by atoms with E-state index in [1.807, 2.05) is 44.1 Å². The van der Waals surface area contributed by atoms with E-state index in [1.165, 1.54) is 0 Å². The molecule has 112 valence electrons. The number of nitrogens with zero attached hydrogens (tertiary/aromatic N) is 4. The molecule has 0 aliphatic heterocycles. The molecule has 0 fully saturated rings. The number of carbonyl (C=O) groups is 1. The maximum absolute atomic E-state index is 12.1. The molecule has 7 nitrogen and oxygen atoms in total. The van der Waals surface area contributed by atoms with Crippen LogP contribution in [0.1, 0.15) is 16.1 Å². The highest BCUT2D eigenvalue weighted by atomic mass is 16.2. The summed E-state index contributed by atoms with van der Waals surface area (Å²) < 4.78 is 1.55. The van der Waals surface area contributed by atoms with Gasteiger partial charge in [0.15, 0.2) is 5.69 Å². The lowest BCUT2D eigenvalue weighted by Crippen LogP contribution is -2.14. The number of aryl methyl sites for hydroxylation is 1. The zero-order chi connectivity index (χ0) is 15.4. The van der Waals surface area contributed by atoms with Crippen LogP contribution < -0.4 is 16.0 Å². The highest BCUT2D eigenvalue weighted by Crippen LogP contribution is 2.22. The van der Waals surface area contributed by atoms with Crippen molar-refractivity contribution < 1.29 is 4.79 Å². The van der Waals surface area contributed by atoms with Crippen molar-refractivity contribution in [1.29, 1.82) is 0 Å². The fourth-order valence-corrected chi connectivity index (χ4v) is 2.01. The summed E-state index contributed by atoms with van der Waals surface area (Å²) in [6.07, 6.45) is 1.59. The average molecular weight is 288 g/mol. The van der Waals surface area contributed by atoms with Gasteiger partial charge in [0.05, 0.1) is 12.7 Å². The van der Waals surface area contributed by atoms with E-state index in [-0.39, 0.29) is 11.6 Å². The molecule has 0 atom stereocenters. The van der Waals surface area contributed by atoms with Crippen molar-refractivity contribution in [2.75, 3.05) is 30.9 Å². The minimum Gasteiger partial charge on any atom is -0.377 e. The van der Waals surface area contributed by atoms with E-state index in [0.29, 0.717) is 13.1 Å². The number of aromatic nitrogens is 3. The number of nitrogens with one attached hydrogen (secondary N) is 1.